The molecule has 1 amide bonds. The molecule has 0 radical (unpaired) electrons. The molecule has 3 aromatic carbocycles. The van der Waals surface area contributed by atoms with Crippen molar-refractivity contribution in [3.05, 3.63) is 111 Å². The quantitative estimate of drug-likeness (QED) is 0.168. The van der Waals surface area contributed by atoms with Crippen LogP contribution in [0.25, 0.3) is 10.9 Å². The highest BCUT2D eigenvalue weighted by molar-refractivity contribution is 6.02. The SMILES string of the molecule is O=C(O)CC(=O)Nc1ccc2c(c1)c(=O)[nH]c(=O)n2CCCCN1CCC(OC(c2ccccc2)c2ccccc2)CC1. The lowest BCUT2D eigenvalue weighted by Crippen LogP contribution is -2.38. The minimum Gasteiger partial charge on any atom is -0.481 e. The number of unbranched alkanes of at least 4 members (excludes halogenated alkanes) is 1. The molecule has 10 heteroatoms. The van der Waals surface area contributed by atoms with E-state index in [1.165, 1.54) is 10.6 Å². The number of carbonyl (C=O) groups excluding carboxylic acids is 1. The normalized spacial score (nSPS) is 14.3. The summed E-state index contributed by atoms with van der Waals surface area (Å²) in [6.07, 6.45) is 2.93. The molecule has 3 N–H and O–H groups in total. The molecular weight excluding hydrogens is 548 g/mol. The average Bonchev–Trinajstić information content (AvgIpc) is 3.00. The van der Waals surface area contributed by atoms with Crippen molar-refractivity contribution in [3.8, 4) is 0 Å². The topological polar surface area (TPSA) is 134 Å². The van der Waals surface area contributed by atoms with Crippen LogP contribution in [0.3, 0.4) is 0 Å². The van der Waals surface area contributed by atoms with Gasteiger partial charge in [0.1, 0.15) is 12.5 Å². The maximum absolute atomic E-state index is 12.6. The number of hydrogen-bond acceptors (Lipinski definition) is 6. The second-order valence-corrected chi connectivity index (χ2v) is 10.8. The van der Waals surface area contributed by atoms with E-state index in [4.69, 9.17) is 9.84 Å². The van der Waals surface area contributed by atoms with Crippen molar-refractivity contribution in [2.45, 2.75) is 50.9 Å². The van der Waals surface area contributed by atoms with Crippen molar-refractivity contribution in [2.24, 2.45) is 0 Å². The highest BCUT2D eigenvalue weighted by Gasteiger charge is 2.24. The number of aromatic amines is 1. The van der Waals surface area contributed by atoms with Gasteiger partial charge in [-0.15, -0.1) is 0 Å². The van der Waals surface area contributed by atoms with Gasteiger partial charge in [-0.3, -0.25) is 23.9 Å². The number of carboxylic acid groups (broad SMARTS) is 1. The van der Waals surface area contributed by atoms with Gasteiger partial charge in [0, 0.05) is 25.3 Å². The van der Waals surface area contributed by atoms with Gasteiger partial charge in [0.2, 0.25) is 5.91 Å². The first-order valence-electron chi connectivity index (χ1n) is 14.6. The molecule has 0 spiro atoms. The van der Waals surface area contributed by atoms with Crippen molar-refractivity contribution in [1.82, 2.24) is 14.5 Å². The van der Waals surface area contributed by atoms with E-state index < -0.39 is 29.5 Å². The minimum absolute atomic E-state index is 0.0958. The van der Waals surface area contributed by atoms with E-state index in [0.717, 1.165) is 56.4 Å². The zero-order valence-corrected chi connectivity index (χ0v) is 23.9. The van der Waals surface area contributed by atoms with Gasteiger partial charge >= 0.3 is 11.7 Å². The molecule has 43 heavy (non-hydrogen) atoms. The molecular formula is C33H36N4O6. The number of hydrogen-bond donors (Lipinski definition) is 3. The van der Waals surface area contributed by atoms with Gasteiger partial charge in [-0.25, -0.2) is 4.79 Å². The van der Waals surface area contributed by atoms with Gasteiger partial charge in [0.05, 0.1) is 17.0 Å². The maximum Gasteiger partial charge on any atom is 0.328 e. The number of amides is 1. The number of rotatable bonds is 12. The Hall–Kier alpha value is -4.54. The van der Waals surface area contributed by atoms with E-state index in [0.29, 0.717) is 17.7 Å². The number of carbonyl (C=O) groups is 2. The van der Waals surface area contributed by atoms with Crippen LogP contribution in [0.2, 0.25) is 0 Å². The number of carboxylic acids is 1. The Morgan fingerprint density at radius 2 is 1.53 bits per heavy atom. The number of likely N-dealkylation sites (tertiary alicyclic amines) is 1. The Morgan fingerprint density at radius 3 is 2.16 bits per heavy atom. The number of nitrogens with zero attached hydrogens (tertiary/aromatic N) is 2. The van der Waals surface area contributed by atoms with E-state index >= 15 is 0 Å². The molecule has 2 heterocycles. The predicted octanol–water partition coefficient (Wildman–Crippen LogP) is 4.15. The van der Waals surface area contributed by atoms with Gasteiger partial charge < -0.3 is 20.1 Å². The molecule has 4 aromatic rings. The molecule has 0 atom stereocenters. The number of aryl methyl sites for hydroxylation is 1. The third-order valence-corrected chi connectivity index (χ3v) is 7.77. The fourth-order valence-corrected chi connectivity index (χ4v) is 5.61. The van der Waals surface area contributed by atoms with E-state index in [9.17, 15) is 19.2 Å². The number of fused-ring (bicyclic) bond motifs is 1. The van der Waals surface area contributed by atoms with E-state index in [2.05, 4.69) is 39.5 Å². The Morgan fingerprint density at radius 1 is 0.907 bits per heavy atom. The lowest BCUT2D eigenvalue weighted by Gasteiger charge is -2.34. The number of aliphatic carboxylic acids is 1. The molecule has 1 aromatic heterocycles. The predicted molar refractivity (Wildman–Crippen MR) is 164 cm³/mol. The number of H-pyrrole nitrogens is 1. The fraction of sp³-hybridized carbons (Fsp3) is 0.333. The summed E-state index contributed by atoms with van der Waals surface area (Å²) < 4.78 is 8.20. The van der Waals surface area contributed by atoms with Gasteiger partial charge in [0.25, 0.3) is 5.56 Å². The van der Waals surface area contributed by atoms with Crippen LogP contribution in [0.4, 0.5) is 5.69 Å². The summed E-state index contributed by atoms with van der Waals surface area (Å²) in [5.41, 5.74) is 2.03. The Bertz CT molecular complexity index is 1620. The van der Waals surface area contributed by atoms with Crippen molar-refractivity contribution in [3.63, 3.8) is 0 Å². The zero-order chi connectivity index (χ0) is 30.2. The van der Waals surface area contributed by atoms with Gasteiger partial charge in [-0.05, 0) is 61.6 Å². The maximum atomic E-state index is 12.6. The van der Waals surface area contributed by atoms with Crippen LogP contribution in [0.1, 0.15) is 49.3 Å². The Balaban J connectivity index is 1.13. The van der Waals surface area contributed by atoms with Crippen LogP contribution in [0.15, 0.2) is 88.5 Å². The molecule has 0 aliphatic carbocycles. The standard InChI is InChI=1S/C33H36N4O6/c38-29(22-30(39)40)34-25-13-14-28-27(21-25)32(41)35-33(42)37(28)18-8-7-17-36-19-15-26(16-20-36)43-31(23-9-3-1-4-10-23)24-11-5-2-6-12-24/h1-6,9-14,21,26,31H,7-8,15-20,22H2,(H,34,38)(H,39,40)(H,35,41,42). The largest absolute Gasteiger partial charge is 0.481 e. The fourth-order valence-electron chi connectivity index (χ4n) is 5.61. The Kier molecular flexibility index (Phi) is 9.81. The molecule has 0 bridgehead atoms. The summed E-state index contributed by atoms with van der Waals surface area (Å²) in [6.45, 7) is 3.23. The second-order valence-electron chi connectivity index (χ2n) is 10.8. The van der Waals surface area contributed by atoms with Crippen LogP contribution < -0.4 is 16.6 Å². The molecule has 1 saturated heterocycles. The first-order valence-corrected chi connectivity index (χ1v) is 14.6. The van der Waals surface area contributed by atoms with Crippen LogP contribution in [-0.2, 0) is 20.9 Å². The van der Waals surface area contributed by atoms with Crippen molar-refractivity contribution in [1.29, 1.82) is 0 Å². The summed E-state index contributed by atoms with van der Waals surface area (Å²) in [7, 11) is 0. The summed E-state index contributed by atoms with van der Waals surface area (Å²) in [5.74, 6) is -1.94. The van der Waals surface area contributed by atoms with Gasteiger partial charge in [-0.2, -0.15) is 0 Å². The molecule has 0 unspecified atom stereocenters. The molecule has 10 nitrogen and oxygen atoms in total. The first kappa shape index (κ1) is 29.9. The highest BCUT2D eigenvalue weighted by Crippen LogP contribution is 2.30. The zero-order valence-electron chi connectivity index (χ0n) is 23.9. The van der Waals surface area contributed by atoms with Crippen LogP contribution >= 0.6 is 0 Å². The highest BCUT2D eigenvalue weighted by atomic mass is 16.5. The smallest absolute Gasteiger partial charge is 0.328 e. The Labute approximate surface area is 248 Å². The number of piperidine rings is 1. The van der Waals surface area contributed by atoms with Crippen molar-refractivity contribution in [2.75, 3.05) is 25.0 Å². The lowest BCUT2D eigenvalue weighted by molar-refractivity contribution is -0.139. The number of benzene rings is 3. The van der Waals surface area contributed by atoms with Crippen LogP contribution in [-0.4, -0.2) is 57.2 Å². The van der Waals surface area contributed by atoms with E-state index in [1.807, 2.05) is 36.4 Å². The van der Waals surface area contributed by atoms with Crippen LogP contribution in [0.5, 0.6) is 0 Å². The summed E-state index contributed by atoms with van der Waals surface area (Å²) in [4.78, 5) is 52.4. The molecule has 1 aliphatic rings. The third-order valence-electron chi connectivity index (χ3n) is 7.77. The number of ether oxygens (including phenoxy) is 1. The third kappa shape index (κ3) is 7.85. The molecule has 1 fully saturated rings. The average molecular weight is 585 g/mol. The first-order chi connectivity index (χ1) is 20.9. The number of anilines is 1. The minimum atomic E-state index is -1.25. The number of aromatic nitrogens is 2. The second kappa shape index (κ2) is 14.1. The van der Waals surface area contributed by atoms with E-state index in [-0.39, 0.29) is 17.6 Å². The molecule has 1 aliphatic heterocycles. The van der Waals surface area contributed by atoms with Crippen molar-refractivity contribution >= 4 is 28.5 Å². The van der Waals surface area contributed by atoms with Gasteiger partial charge in [0.15, 0.2) is 0 Å². The van der Waals surface area contributed by atoms with Crippen molar-refractivity contribution < 1.29 is 19.4 Å². The summed E-state index contributed by atoms with van der Waals surface area (Å²) in [6, 6.07) is 25.3. The number of nitrogens with one attached hydrogen (secondary N) is 2. The van der Waals surface area contributed by atoms with Crippen LogP contribution in [0, 0.1) is 0 Å². The molecule has 0 saturated carbocycles. The van der Waals surface area contributed by atoms with Gasteiger partial charge in [-0.1, -0.05) is 60.7 Å². The molecule has 5 rings (SSSR count). The summed E-state index contributed by atoms with van der Waals surface area (Å²) >= 11 is 0. The lowest BCUT2D eigenvalue weighted by atomic mass is 10.00. The van der Waals surface area contributed by atoms with E-state index in [1.54, 1.807) is 12.1 Å². The summed E-state index contributed by atoms with van der Waals surface area (Å²) in [5, 5.41) is 11.5. The molecule has 224 valence electrons. The monoisotopic (exact) mass is 584 g/mol.